The van der Waals surface area contributed by atoms with E-state index in [1.807, 2.05) is 6.07 Å². The molecule has 2 aliphatic rings. The summed E-state index contributed by atoms with van der Waals surface area (Å²) in [5.74, 6) is 9.41. The molecule has 3 N–H and O–H groups in total. The van der Waals surface area contributed by atoms with Gasteiger partial charge >= 0.3 is 0 Å². The van der Waals surface area contributed by atoms with Gasteiger partial charge in [0.25, 0.3) is 0 Å². The number of rotatable bonds is 3. The fourth-order valence-corrected chi connectivity index (χ4v) is 3.69. The van der Waals surface area contributed by atoms with E-state index in [0.717, 1.165) is 17.6 Å². The fourth-order valence-electron chi connectivity index (χ4n) is 3.69. The zero-order valence-corrected chi connectivity index (χ0v) is 12.4. The molecule has 4 nitrogen and oxygen atoms in total. The van der Waals surface area contributed by atoms with Crippen molar-refractivity contribution < 1.29 is 0 Å². The molecule has 0 atom stereocenters. The van der Waals surface area contributed by atoms with Gasteiger partial charge in [-0.15, -0.1) is 0 Å². The first-order chi connectivity index (χ1) is 9.76. The second-order valence-electron chi connectivity index (χ2n) is 6.62. The molecule has 0 aromatic carbocycles. The lowest BCUT2D eigenvalue weighted by Gasteiger charge is -2.26. The Kier molecular flexibility index (Phi) is 4.20. The molecule has 2 aliphatic carbocycles. The van der Waals surface area contributed by atoms with Crippen LogP contribution in [0.1, 0.15) is 81.6 Å². The summed E-state index contributed by atoms with van der Waals surface area (Å²) in [6, 6.07) is 2.05. The number of nitrogen functional groups attached to an aromatic ring is 1. The predicted octanol–water partition coefficient (Wildman–Crippen LogP) is 3.71. The molecule has 0 spiro atoms. The van der Waals surface area contributed by atoms with Crippen LogP contribution in [0.2, 0.25) is 0 Å². The third-order valence-electron chi connectivity index (χ3n) is 5.07. The molecule has 1 heterocycles. The van der Waals surface area contributed by atoms with E-state index in [9.17, 15) is 0 Å². The SMILES string of the molecule is CC1CCC(c2nc(NN)cc(C3CCCC3)n2)CC1. The van der Waals surface area contributed by atoms with Gasteiger partial charge in [-0.05, 0) is 31.6 Å². The highest BCUT2D eigenvalue weighted by Gasteiger charge is 2.25. The van der Waals surface area contributed by atoms with E-state index >= 15 is 0 Å². The minimum absolute atomic E-state index is 0.527. The molecule has 0 amide bonds. The predicted molar refractivity (Wildman–Crippen MR) is 81.4 cm³/mol. The Morgan fingerprint density at radius 1 is 1.00 bits per heavy atom. The van der Waals surface area contributed by atoms with Crippen molar-refractivity contribution in [2.75, 3.05) is 5.43 Å². The number of nitrogens with zero attached hydrogens (tertiary/aromatic N) is 2. The number of anilines is 1. The Bertz CT molecular complexity index is 446. The standard InChI is InChI=1S/C16H26N4/c1-11-6-8-13(9-7-11)16-18-14(10-15(19-16)20-17)12-4-2-3-5-12/h10-13H,2-9,17H2,1H3,(H,18,19,20). The fraction of sp³-hybridized carbons (Fsp3) is 0.750. The summed E-state index contributed by atoms with van der Waals surface area (Å²) in [5, 5.41) is 0. The Labute approximate surface area is 121 Å². The molecular formula is C16H26N4. The van der Waals surface area contributed by atoms with Crippen LogP contribution in [0.4, 0.5) is 5.82 Å². The van der Waals surface area contributed by atoms with E-state index in [2.05, 4.69) is 17.3 Å². The highest BCUT2D eigenvalue weighted by atomic mass is 15.3. The van der Waals surface area contributed by atoms with Gasteiger partial charge in [0.1, 0.15) is 11.6 Å². The Morgan fingerprint density at radius 2 is 1.70 bits per heavy atom. The zero-order valence-electron chi connectivity index (χ0n) is 12.4. The molecule has 0 bridgehead atoms. The lowest BCUT2D eigenvalue weighted by Crippen LogP contribution is -2.17. The first-order valence-electron chi connectivity index (χ1n) is 8.11. The normalized spacial score (nSPS) is 27.7. The zero-order chi connectivity index (χ0) is 13.9. The highest BCUT2D eigenvalue weighted by Crippen LogP contribution is 2.37. The topological polar surface area (TPSA) is 63.8 Å². The minimum Gasteiger partial charge on any atom is -0.308 e. The molecule has 4 heteroatoms. The van der Waals surface area contributed by atoms with Crippen molar-refractivity contribution in [3.63, 3.8) is 0 Å². The van der Waals surface area contributed by atoms with Crippen molar-refractivity contribution in [3.05, 3.63) is 17.6 Å². The van der Waals surface area contributed by atoms with Crippen LogP contribution in [0.5, 0.6) is 0 Å². The van der Waals surface area contributed by atoms with E-state index in [1.54, 1.807) is 0 Å². The molecular weight excluding hydrogens is 248 g/mol. The van der Waals surface area contributed by atoms with Crippen LogP contribution in [0.25, 0.3) is 0 Å². The van der Waals surface area contributed by atoms with Gasteiger partial charge in [0, 0.05) is 23.6 Å². The van der Waals surface area contributed by atoms with E-state index < -0.39 is 0 Å². The third kappa shape index (κ3) is 2.95. The summed E-state index contributed by atoms with van der Waals surface area (Å²) in [5.41, 5.74) is 3.94. The van der Waals surface area contributed by atoms with Crippen molar-refractivity contribution >= 4 is 5.82 Å². The molecule has 1 aromatic rings. The van der Waals surface area contributed by atoms with E-state index in [-0.39, 0.29) is 0 Å². The van der Waals surface area contributed by atoms with Crippen LogP contribution < -0.4 is 11.3 Å². The van der Waals surface area contributed by atoms with Gasteiger partial charge in [-0.1, -0.05) is 32.6 Å². The molecule has 0 saturated heterocycles. The molecule has 2 saturated carbocycles. The molecule has 110 valence electrons. The first kappa shape index (κ1) is 13.8. The largest absolute Gasteiger partial charge is 0.308 e. The summed E-state index contributed by atoms with van der Waals surface area (Å²) in [6.07, 6.45) is 10.2. The second kappa shape index (κ2) is 6.08. The van der Waals surface area contributed by atoms with E-state index in [4.69, 9.17) is 10.8 Å². The molecule has 0 aliphatic heterocycles. The summed E-state index contributed by atoms with van der Waals surface area (Å²) >= 11 is 0. The van der Waals surface area contributed by atoms with Crippen LogP contribution >= 0.6 is 0 Å². The molecule has 0 unspecified atom stereocenters. The maximum Gasteiger partial charge on any atom is 0.143 e. The maximum atomic E-state index is 5.60. The average Bonchev–Trinajstić information content (AvgIpc) is 3.02. The van der Waals surface area contributed by atoms with Crippen LogP contribution in [-0.4, -0.2) is 9.97 Å². The van der Waals surface area contributed by atoms with Gasteiger partial charge in [-0.2, -0.15) is 0 Å². The second-order valence-corrected chi connectivity index (χ2v) is 6.62. The van der Waals surface area contributed by atoms with Crippen molar-refractivity contribution in [1.29, 1.82) is 0 Å². The Hall–Kier alpha value is -1.16. The summed E-state index contributed by atoms with van der Waals surface area (Å²) in [4.78, 5) is 9.53. The lowest BCUT2D eigenvalue weighted by molar-refractivity contribution is 0.339. The van der Waals surface area contributed by atoms with Crippen LogP contribution in [0.3, 0.4) is 0 Å². The van der Waals surface area contributed by atoms with Gasteiger partial charge in [0.05, 0.1) is 0 Å². The van der Waals surface area contributed by atoms with E-state index in [0.29, 0.717) is 11.8 Å². The smallest absolute Gasteiger partial charge is 0.143 e. The van der Waals surface area contributed by atoms with Crippen molar-refractivity contribution in [2.45, 2.75) is 70.1 Å². The third-order valence-corrected chi connectivity index (χ3v) is 5.07. The van der Waals surface area contributed by atoms with Gasteiger partial charge in [-0.3, -0.25) is 0 Å². The Morgan fingerprint density at radius 3 is 2.35 bits per heavy atom. The molecule has 3 rings (SSSR count). The molecule has 1 aromatic heterocycles. The summed E-state index contributed by atoms with van der Waals surface area (Å²) in [7, 11) is 0. The maximum absolute atomic E-state index is 5.60. The summed E-state index contributed by atoms with van der Waals surface area (Å²) in [6.45, 7) is 2.35. The number of aromatic nitrogens is 2. The van der Waals surface area contributed by atoms with Gasteiger partial charge in [0.2, 0.25) is 0 Å². The van der Waals surface area contributed by atoms with Crippen LogP contribution in [0, 0.1) is 5.92 Å². The first-order valence-corrected chi connectivity index (χ1v) is 8.11. The van der Waals surface area contributed by atoms with Gasteiger partial charge in [-0.25, -0.2) is 15.8 Å². The van der Waals surface area contributed by atoms with Crippen molar-refractivity contribution in [3.8, 4) is 0 Å². The summed E-state index contributed by atoms with van der Waals surface area (Å²) < 4.78 is 0. The van der Waals surface area contributed by atoms with Gasteiger partial charge < -0.3 is 5.43 Å². The Balaban J connectivity index is 1.83. The number of nitrogens with two attached hydrogens (primary N) is 1. The van der Waals surface area contributed by atoms with Crippen molar-refractivity contribution in [1.82, 2.24) is 9.97 Å². The lowest BCUT2D eigenvalue weighted by atomic mass is 9.82. The molecule has 20 heavy (non-hydrogen) atoms. The average molecular weight is 274 g/mol. The quantitative estimate of drug-likeness (QED) is 0.651. The number of hydrogen-bond donors (Lipinski definition) is 2. The van der Waals surface area contributed by atoms with Crippen LogP contribution in [0.15, 0.2) is 6.07 Å². The minimum atomic E-state index is 0.527. The van der Waals surface area contributed by atoms with Gasteiger partial charge in [0.15, 0.2) is 0 Å². The highest BCUT2D eigenvalue weighted by molar-refractivity contribution is 5.36. The number of hydrazine groups is 1. The van der Waals surface area contributed by atoms with Crippen LogP contribution in [-0.2, 0) is 0 Å². The molecule has 2 fully saturated rings. The number of hydrogen-bond acceptors (Lipinski definition) is 4. The van der Waals surface area contributed by atoms with E-state index in [1.165, 1.54) is 57.1 Å². The van der Waals surface area contributed by atoms with Crippen molar-refractivity contribution in [2.24, 2.45) is 11.8 Å². The number of nitrogens with one attached hydrogen (secondary N) is 1. The monoisotopic (exact) mass is 274 g/mol. The molecule has 0 radical (unpaired) electrons.